The van der Waals surface area contributed by atoms with Crippen LogP contribution in [0.2, 0.25) is 0 Å². The van der Waals surface area contributed by atoms with E-state index in [0.29, 0.717) is 0 Å². The van der Waals surface area contributed by atoms with E-state index in [1.165, 1.54) is 0 Å². The predicted molar refractivity (Wildman–Crippen MR) is 46.0 cm³/mol. The lowest BCUT2D eigenvalue weighted by molar-refractivity contribution is 0.157. The predicted octanol–water partition coefficient (Wildman–Crippen LogP) is 0.822. The van der Waals surface area contributed by atoms with Gasteiger partial charge < -0.3 is 10.1 Å². The molecule has 1 unspecified atom stereocenters. The van der Waals surface area contributed by atoms with Crippen LogP contribution in [0.5, 0.6) is 0 Å². The zero-order valence-corrected chi connectivity index (χ0v) is 7.30. The maximum absolute atomic E-state index is 9.39. The number of aliphatic hydroxyl groups excluding tert-OH is 1. The molecule has 0 bridgehead atoms. The molecule has 1 aromatic rings. The average Bonchev–Trinajstić information content (AvgIpc) is 2.46. The van der Waals surface area contributed by atoms with Crippen LogP contribution in [0, 0.1) is 0 Å². The number of aromatic nitrogens is 2. The van der Waals surface area contributed by atoms with Crippen molar-refractivity contribution in [3.8, 4) is 0 Å². The summed E-state index contributed by atoms with van der Waals surface area (Å²) in [4.78, 5) is 7.68. The molecule has 1 aliphatic carbocycles. The molecule has 3 nitrogen and oxygen atoms in total. The van der Waals surface area contributed by atoms with Crippen LogP contribution in [0.1, 0.15) is 30.6 Å². The highest BCUT2D eigenvalue weighted by Crippen LogP contribution is 2.19. The van der Waals surface area contributed by atoms with E-state index < -0.39 is 0 Å². The van der Waals surface area contributed by atoms with Gasteiger partial charge in [0, 0.05) is 18.5 Å². The molecule has 3 heteroatoms. The summed E-state index contributed by atoms with van der Waals surface area (Å²) in [5.41, 5.74) is 2.31. The fraction of sp³-hybridized carbons (Fsp3) is 0.667. The highest BCUT2D eigenvalue weighted by molar-refractivity contribution is 5.18. The molecule has 1 aliphatic rings. The average molecular weight is 166 g/mol. The molecule has 0 amide bonds. The van der Waals surface area contributed by atoms with Crippen molar-refractivity contribution in [3.05, 3.63) is 17.2 Å². The maximum Gasteiger partial charge on any atom is 0.106 e. The Morgan fingerprint density at radius 3 is 3.25 bits per heavy atom. The normalized spacial score (nSPS) is 22.3. The highest BCUT2D eigenvalue weighted by atomic mass is 16.3. The van der Waals surface area contributed by atoms with Crippen LogP contribution in [0.4, 0.5) is 0 Å². The fourth-order valence-electron chi connectivity index (χ4n) is 1.69. The molecule has 0 spiro atoms. The molecule has 66 valence electrons. The Morgan fingerprint density at radius 1 is 1.67 bits per heavy atom. The van der Waals surface area contributed by atoms with E-state index in [1.54, 1.807) is 0 Å². The van der Waals surface area contributed by atoms with Crippen molar-refractivity contribution in [2.24, 2.45) is 0 Å². The van der Waals surface area contributed by atoms with Crippen molar-refractivity contribution < 1.29 is 5.11 Å². The third kappa shape index (κ3) is 1.25. The molecule has 1 aromatic heterocycles. The van der Waals surface area contributed by atoms with Crippen molar-refractivity contribution in [1.29, 1.82) is 0 Å². The molecule has 1 heterocycles. The number of aliphatic hydroxyl groups is 1. The number of fused-ring (bicyclic) bond motifs is 1. The zero-order valence-electron chi connectivity index (χ0n) is 7.30. The van der Waals surface area contributed by atoms with Gasteiger partial charge in [-0.25, -0.2) is 4.98 Å². The Kier molecular flexibility index (Phi) is 1.89. The van der Waals surface area contributed by atoms with E-state index in [-0.39, 0.29) is 6.10 Å². The minimum atomic E-state index is -0.164. The third-order valence-electron chi connectivity index (χ3n) is 2.40. The van der Waals surface area contributed by atoms with Crippen LogP contribution in [0.15, 0.2) is 0 Å². The van der Waals surface area contributed by atoms with Gasteiger partial charge in [-0.3, -0.25) is 0 Å². The monoisotopic (exact) mass is 166 g/mol. The molecule has 0 fully saturated rings. The standard InChI is InChI=1S/C9H14N2O/c1-2-9-10-7-4-3-6(12)5-8(7)11-9/h6,12H,2-5H2,1H3,(H,10,11). The van der Waals surface area contributed by atoms with E-state index in [4.69, 9.17) is 0 Å². The molecule has 0 aliphatic heterocycles. The van der Waals surface area contributed by atoms with Crippen LogP contribution < -0.4 is 0 Å². The van der Waals surface area contributed by atoms with Gasteiger partial charge >= 0.3 is 0 Å². The number of aromatic amines is 1. The second-order valence-corrected chi connectivity index (χ2v) is 3.36. The van der Waals surface area contributed by atoms with Gasteiger partial charge in [0.15, 0.2) is 0 Å². The smallest absolute Gasteiger partial charge is 0.106 e. The molecule has 0 radical (unpaired) electrons. The van der Waals surface area contributed by atoms with Crippen molar-refractivity contribution in [2.75, 3.05) is 0 Å². The van der Waals surface area contributed by atoms with E-state index in [9.17, 15) is 5.11 Å². The van der Waals surface area contributed by atoms with Gasteiger partial charge in [0.1, 0.15) is 5.82 Å². The van der Waals surface area contributed by atoms with E-state index in [2.05, 4.69) is 16.9 Å². The highest BCUT2D eigenvalue weighted by Gasteiger charge is 2.19. The second-order valence-electron chi connectivity index (χ2n) is 3.36. The van der Waals surface area contributed by atoms with E-state index in [1.807, 2.05) is 0 Å². The van der Waals surface area contributed by atoms with Gasteiger partial charge in [-0.05, 0) is 12.8 Å². The molecule has 1 atom stereocenters. The third-order valence-corrected chi connectivity index (χ3v) is 2.40. The summed E-state index contributed by atoms with van der Waals surface area (Å²) in [7, 11) is 0. The van der Waals surface area contributed by atoms with Crippen LogP contribution in [0.3, 0.4) is 0 Å². The quantitative estimate of drug-likeness (QED) is 0.649. The maximum atomic E-state index is 9.39. The Labute approximate surface area is 71.8 Å². The van der Waals surface area contributed by atoms with Gasteiger partial charge in [0.25, 0.3) is 0 Å². The fourth-order valence-corrected chi connectivity index (χ4v) is 1.69. The number of nitrogens with one attached hydrogen (secondary N) is 1. The summed E-state index contributed by atoms with van der Waals surface area (Å²) in [6.45, 7) is 2.08. The van der Waals surface area contributed by atoms with E-state index in [0.717, 1.165) is 42.9 Å². The molecular formula is C9H14N2O. The molecule has 0 saturated heterocycles. The van der Waals surface area contributed by atoms with Crippen molar-refractivity contribution in [1.82, 2.24) is 9.97 Å². The zero-order chi connectivity index (χ0) is 8.55. The minimum absolute atomic E-state index is 0.164. The molecule has 2 rings (SSSR count). The first-order valence-electron chi connectivity index (χ1n) is 4.54. The van der Waals surface area contributed by atoms with Gasteiger partial charge in [-0.15, -0.1) is 0 Å². The lowest BCUT2D eigenvalue weighted by Crippen LogP contribution is -2.18. The Morgan fingerprint density at radius 2 is 2.50 bits per heavy atom. The van der Waals surface area contributed by atoms with Gasteiger partial charge in [0.2, 0.25) is 0 Å². The SMILES string of the molecule is CCc1nc2c([nH]1)CC(O)CC2. The summed E-state index contributed by atoms with van der Waals surface area (Å²) < 4.78 is 0. The van der Waals surface area contributed by atoms with Crippen LogP contribution in [-0.4, -0.2) is 21.2 Å². The molecule has 12 heavy (non-hydrogen) atoms. The summed E-state index contributed by atoms with van der Waals surface area (Å²) >= 11 is 0. The topological polar surface area (TPSA) is 48.9 Å². The summed E-state index contributed by atoms with van der Waals surface area (Å²) in [5.74, 6) is 1.05. The van der Waals surface area contributed by atoms with Crippen LogP contribution in [-0.2, 0) is 19.3 Å². The Hall–Kier alpha value is -0.830. The van der Waals surface area contributed by atoms with Crippen molar-refractivity contribution >= 4 is 0 Å². The van der Waals surface area contributed by atoms with E-state index >= 15 is 0 Å². The number of rotatable bonds is 1. The van der Waals surface area contributed by atoms with Crippen molar-refractivity contribution in [3.63, 3.8) is 0 Å². The summed E-state index contributed by atoms with van der Waals surface area (Å²) in [5, 5.41) is 9.39. The number of nitrogens with zero attached hydrogens (tertiary/aromatic N) is 1. The number of hydrogen-bond acceptors (Lipinski definition) is 2. The molecular weight excluding hydrogens is 152 g/mol. The minimum Gasteiger partial charge on any atom is -0.393 e. The number of H-pyrrole nitrogens is 1. The summed E-state index contributed by atoms with van der Waals surface area (Å²) in [6, 6.07) is 0. The first kappa shape index (κ1) is 7.80. The lowest BCUT2D eigenvalue weighted by Gasteiger charge is -2.14. The van der Waals surface area contributed by atoms with Gasteiger partial charge in [0.05, 0.1) is 11.8 Å². The Balaban J connectivity index is 2.28. The molecule has 2 N–H and O–H groups in total. The number of imidazole rings is 1. The lowest BCUT2D eigenvalue weighted by atomic mass is 9.99. The van der Waals surface area contributed by atoms with Crippen molar-refractivity contribution in [2.45, 2.75) is 38.7 Å². The largest absolute Gasteiger partial charge is 0.393 e. The molecule has 0 saturated carbocycles. The number of hydrogen-bond donors (Lipinski definition) is 2. The van der Waals surface area contributed by atoms with Gasteiger partial charge in [-0.1, -0.05) is 6.92 Å². The first-order valence-corrected chi connectivity index (χ1v) is 4.54. The number of aryl methyl sites for hydroxylation is 2. The second kappa shape index (κ2) is 2.90. The van der Waals surface area contributed by atoms with Crippen LogP contribution >= 0.6 is 0 Å². The van der Waals surface area contributed by atoms with Crippen LogP contribution in [0.25, 0.3) is 0 Å². The van der Waals surface area contributed by atoms with Gasteiger partial charge in [-0.2, -0.15) is 0 Å². The molecule has 0 aromatic carbocycles. The summed E-state index contributed by atoms with van der Waals surface area (Å²) in [6.07, 6.45) is 3.32. The first-order chi connectivity index (χ1) is 5.79. The Bertz CT molecular complexity index is 280.